The van der Waals surface area contributed by atoms with Gasteiger partial charge in [-0.2, -0.15) is 0 Å². The lowest BCUT2D eigenvalue weighted by atomic mass is 9.91. The topological polar surface area (TPSA) is 27.7 Å². The Bertz CT molecular complexity index is 1120. The smallest absolute Gasteiger partial charge is 0.258 e. The van der Waals surface area contributed by atoms with Crippen LogP contribution < -0.4 is 4.43 Å². The molecule has 3 nitrogen and oxygen atoms in total. The van der Waals surface area contributed by atoms with Crippen LogP contribution in [0.25, 0.3) is 6.05 Å². The third-order valence-corrected chi connectivity index (χ3v) is 11.4. The standard InChI is InChI=1S/C25H40O3Si/c1-18(2)29(19(3)4,20(5)6)28-23-13-11-21(12-14-23)9-10-22-15-24(26-7)17-25(16-22)27-8/h9-15,18-20,22,25H,16-17H2,1-8H3/b10-9+/i7D3,8D3,9D,10D,16D2,22D,25D. The molecule has 1 aromatic rings. The van der Waals surface area contributed by atoms with E-state index in [4.69, 9.17) is 30.3 Å². The fraction of sp³-hybridized carbons (Fsp3) is 0.600. The van der Waals surface area contributed by atoms with E-state index in [2.05, 4.69) is 41.5 Å². The minimum absolute atomic E-state index is 0.139. The van der Waals surface area contributed by atoms with E-state index in [0.717, 1.165) is 0 Å². The van der Waals surface area contributed by atoms with Crippen LogP contribution in [0.1, 0.15) is 76.3 Å². The summed E-state index contributed by atoms with van der Waals surface area (Å²) in [4.78, 5) is 0. The number of rotatable bonds is 9. The van der Waals surface area contributed by atoms with Crippen LogP contribution in [-0.4, -0.2) is 28.5 Å². The Hall–Kier alpha value is -1.52. The molecule has 2 atom stereocenters. The van der Waals surface area contributed by atoms with Crippen molar-refractivity contribution in [3.8, 4) is 5.75 Å². The second-order valence-electron chi connectivity index (χ2n) is 8.15. The van der Waals surface area contributed by atoms with E-state index >= 15 is 0 Å². The minimum Gasteiger partial charge on any atom is -0.543 e. The van der Waals surface area contributed by atoms with E-state index in [1.165, 1.54) is 12.1 Å². The first-order valence-electron chi connectivity index (χ1n) is 15.9. The van der Waals surface area contributed by atoms with Crippen molar-refractivity contribution in [2.24, 2.45) is 5.89 Å². The van der Waals surface area contributed by atoms with Crippen molar-refractivity contribution in [1.29, 1.82) is 0 Å². The zero-order chi connectivity index (χ0) is 32.0. The first-order chi connectivity index (χ1) is 18.3. The maximum absolute atomic E-state index is 8.93. The zero-order valence-corrected chi connectivity index (χ0v) is 19.1. The molecule has 0 spiro atoms. The SMILES string of the molecule is [2H]/C(=C(/[2H])C1([2H])C=C(OC([2H])([2H])[2H])CC([2H])(OC([2H])([2H])[2H])C1([2H])[2H])c1ccc(O[Si](C(C)C)(C(C)C)C(C)C)cc1. The molecule has 0 fully saturated rings. The molecule has 0 aromatic heterocycles. The van der Waals surface area contributed by atoms with Crippen LogP contribution in [0.15, 0.2) is 42.2 Å². The summed E-state index contributed by atoms with van der Waals surface area (Å²) in [6.45, 7) is 12.9. The average molecular weight is 429 g/mol. The van der Waals surface area contributed by atoms with Crippen LogP contribution in [0.5, 0.6) is 5.75 Å². The quantitative estimate of drug-likeness (QED) is 0.389. The number of allylic oxidation sites excluding steroid dienone is 2. The summed E-state index contributed by atoms with van der Waals surface area (Å²) >= 11 is 0. The van der Waals surface area contributed by atoms with Gasteiger partial charge in [0.1, 0.15) is 5.75 Å². The largest absolute Gasteiger partial charge is 0.543 e. The van der Waals surface area contributed by atoms with Gasteiger partial charge in [-0.1, -0.05) is 65.8 Å². The van der Waals surface area contributed by atoms with Crippen molar-refractivity contribution in [3.05, 3.63) is 47.7 Å². The van der Waals surface area contributed by atoms with E-state index in [9.17, 15) is 0 Å². The number of methoxy groups -OCH3 is 2. The summed E-state index contributed by atoms with van der Waals surface area (Å²) in [6, 6.07) is 4.77. The molecule has 0 amide bonds. The lowest BCUT2D eigenvalue weighted by Crippen LogP contribution is -2.50. The van der Waals surface area contributed by atoms with Crippen molar-refractivity contribution in [2.45, 2.75) is 77.0 Å². The molecule has 0 aliphatic heterocycles. The van der Waals surface area contributed by atoms with Crippen molar-refractivity contribution < 1.29 is 30.3 Å². The summed E-state index contributed by atoms with van der Waals surface area (Å²) in [5.41, 5.74) is 1.07. The third kappa shape index (κ3) is 5.76. The molecule has 1 aromatic carbocycles. The van der Waals surface area contributed by atoms with Crippen molar-refractivity contribution in [2.75, 3.05) is 14.1 Å². The van der Waals surface area contributed by atoms with Gasteiger partial charge in [0, 0.05) is 23.5 Å². The first-order valence-corrected chi connectivity index (χ1v) is 12.1. The molecular weight excluding hydrogens is 376 g/mol. The number of hydrogen-bond acceptors (Lipinski definition) is 3. The molecule has 1 aliphatic rings. The maximum atomic E-state index is 8.93. The van der Waals surface area contributed by atoms with Crippen LogP contribution in [0.3, 0.4) is 0 Å². The summed E-state index contributed by atoms with van der Waals surface area (Å²) in [5.74, 6) is -2.96. The average Bonchev–Trinajstić information content (AvgIpc) is 2.77. The zero-order valence-electron chi connectivity index (χ0n) is 30.1. The molecule has 0 saturated carbocycles. The molecule has 0 N–H and O–H groups in total. The van der Waals surface area contributed by atoms with Crippen molar-refractivity contribution >= 4 is 14.4 Å². The summed E-state index contributed by atoms with van der Waals surface area (Å²) in [5, 5.41) is 0. The van der Waals surface area contributed by atoms with Crippen molar-refractivity contribution in [1.82, 2.24) is 0 Å². The molecule has 162 valence electrons. The molecule has 4 heteroatoms. The molecular formula is C25H40O3Si. The third-order valence-electron chi connectivity index (χ3n) is 5.37. The Morgan fingerprint density at radius 3 is 2.31 bits per heavy atom. The van der Waals surface area contributed by atoms with Crippen LogP contribution in [0, 0.1) is 5.89 Å². The molecule has 0 radical (unpaired) electrons. The molecule has 2 unspecified atom stereocenters. The van der Waals surface area contributed by atoms with Gasteiger partial charge in [0.15, 0.2) is 0 Å². The van der Waals surface area contributed by atoms with E-state index in [1.807, 2.05) is 0 Å². The molecule has 2 rings (SSSR count). The van der Waals surface area contributed by atoms with Gasteiger partial charge in [-0.15, -0.1) is 0 Å². The predicted octanol–water partition coefficient (Wildman–Crippen LogP) is 7.21. The normalized spacial score (nSPS) is 35.0. The van der Waals surface area contributed by atoms with E-state index in [0.29, 0.717) is 28.4 Å². The predicted molar refractivity (Wildman–Crippen MR) is 126 cm³/mol. The van der Waals surface area contributed by atoms with Gasteiger partial charge in [-0.3, -0.25) is 0 Å². The van der Waals surface area contributed by atoms with Crippen LogP contribution in [0.2, 0.25) is 16.6 Å². The lowest BCUT2D eigenvalue weighted by Gasteiger charge is -2.42. The summed E-state index contributed by atoms with van der Waals surface area (Å²) in [7, 11) is -8.63. The van der Waals surface area contributed by atoms with Crippen LogP contribution >= 0.6 is 0 Å². The van der Waals surface area contributed by atoms with Crippen LogP contribution in [0.4, 0.5) is 0 Å². The van der Waals surface area contributed by atoms with E-state index in [-0.39, 0.29) is 5.56 Å². The molecule has 1 aliphatic carbocycles. The highest BCUT2D eigenvalue weighted by atomic mass is 28.4. The van der Waals surface area contributed by atoms with Crippen molar-refractivity contribution in [3.63, 3.8) is 0 Å². The van der Waals surface area contributed by atoms with Gasteiger partial charge in [0.25, 0.3) is 8.32 Å². The van der Waals surface area contributed by atoms with Gasteiger partial charge in [0.2, 0.25) is 0 Å². The van der Waals surface area contributed by atoms with Gasteiger partial charge in [-0.05, 0) is 46.8 Å². The van der Waals surface area contributed by atoms with Crippen LogP contribution in [-0.2, 0) is 9.47 Å². The van der Waals surface area contributed by atoms with E-state index in [1.54, 1.807) is 12.1 Å². The highest BCUT2D eigenvalue weighted by molar-refractivity contribution is 6.78. The Morgan fingerprint density at radius 1 is 1.10 bits per heavy atom. The fourth-order valence-electron chi connectivity index (χ4n) is 4.10. The summed E-state index contributed by atoms with van der Waals surface area (Å²) in [6.07, 6.45) is -6.51. The monoisotopic (exact) mass is 428 g/mol. The van der Waals surface area contributed by atoms with Gasteiger partial charge in [-0.25, -0.2) is 0 Å². The molecule has 29 heavy (non-hydrogen) atoms. The fourth-order valence-corrected chi connectivity index (χ4v) is 9.35. The Kier molecular flexibility index (Phi) is 4.25. The maximum Gasteiger partial charge on any atom is 0.258 e. The molecule has 0 bridgehead atoms. The first kappa shape index (κ1) is 11.8. The van der Waals surface area contributed by atoms with Gasteiger partial charge < -0.3 is 13.9 Å². The highest BCUT2D eigenvalue weighted by Gasteiger charge is 2.46. The highest BCUT2D eigenvalue weighted by Crippen LogP contribution is 2.42. The number of benzene rings is 1. The Labute approximate surface area is 196 Å². The minimum atomic E-state index is -3.29. The van der Waals surface area contributed by atoms with Gasteiger partial charge >= 0.3 is 0 Å². The number of hydrogen-bond donors (Lipinski definition) is 0. The van der Waals surface area contributed by atoms with Gasteiger partial charge in [0.05, 0.1) is 31.2 Å². The lowest BCUT2D eigenvalue weighted by molar-refractivity contribution is 0.0681. The second kappa shape index (κ2) is 10.5. The summed E-state index contributed by atoms with van der Waals surface area (Å²) < 4.78 is 113. The Morgan fingerprint density at radius 2 is 1.76 bits per heavy atom. The molecule has 0 saturated heterocycles. The Balaban J connectivity index is 2.63. The second-order valence-corrected chi connectivity index (χ2v) is 13.5. The number of ether oxygens (including phenoxy) is 2. The van der Waals surface area contributed by atoms with E-state index < -0.39 is 65.0 Å². The molecule has 0 heterocycles.